The smallest absolute Gasteiger partial charge is 0.194 e. The van der Waals surface area contributed by atoms with E-state index >= 15 is 0 Å². The Morgan fingerprint density at radius 3 is 2.25 bits per heavy atom. The molecule has 0 heterocycles. The number of hydrogen-bond donors (Lipinski definition) is 1. The van der Waals surface area contributed by atoms with Crippen LogP contribution in [0, 0.1) is 17.5 Å². The third kappa shape index (κ3) is 3.50. The molecule has 0 unspecified atom stereocenters. The van der Waals surface area contributed by atoms with E-state index < -0.39 is 17.5 Å². The molecule has 0 bridgehead atoms. The Hall–Kier alpha value is -1.07. The van der Waals surface area contributed by atoms with Crippen LogP contribution in [0.1, 0.15) is 12.0 Å². The van der Waals surface area contributed by atoms with Crippen LogP contribution in [-0.4, -0.2) is 25.0 Å². The number of rotatable bonds is 5. The summed E-state index contributed by atoms with van der Waals surface area (Å²) in [5, 5.41) is 0. The van der Waals surface area contributed by atoms with Crippen LogP contribution in [0.4, 0.5) is 13.2 Å². The fourth-order valence-electron chi connectivity index (χ4n) is 1.45. The zero-order chi connectivity index (χ0) is 12.1. The highest BCUT2D eigenvalue weighted by atomic mass is 19.2. The van der Waals surface area contributed by atoms with Gasteiger partial charge >= 0.3 is 0 Å². The van der Waals surface area contributed by atoms with Crippen LogP contribution in [-0.2, 0) is 6.54 Å². The van der Waals surface area contributed by atoms with E-state index in [9.17, 15) is 13.2 Å². The Labute approximate surface area is 92.9 Å². The van der Waals surface area contributed by atoms with Gasteiger partial charge in [0.25, 0.3) is 0 Å². The maximum absolute atomic E-state index is 12.9. The number of halogens is 3. The van der Waals surface area contributed by atoms with Crippen molar-refractivity contribution in [1.29, 1.82) is 0 Å². The molecule has 1 aromatic rings. The maximum atomic E-state index is 12.9. The second kappa shape index (κ2) is 5.86. The number of nitrogens with zero attached hydrogens (tertiary/aromatic N) is 1. The Kier molecular flexibility index (Phi) is 4.76. The minimum Gasteiger partial charge on any atom is -0.330 e. The van der Waals surface area contributed by atoms with E-state index in [1.54, 1.807) is 0 Å². The molecule has 1 aromatic carbocycles. The van der Waals surface area contributed by atoms with Crippen LogP contribution in [0.5, 0.6) is 0 Å². The van der Waals surface area contributed by atoms with E-state index in [4.69, 9.17) is 5.73 Å². The van der Waals surface area contributed by atoms with Gasteiger partial charge in [0.05, 0.1) is 0 Å². The molecule has 1 rings (SSSR count). The molecule has 0 amide bonds. The summed E-state index contributed by atoms with van der Waals surface area (Å²) in [6, 6.07) is 2.02. The van der Waals surface area contributed by atoms with Gasteiger partial charge in [-0.2, -0.15) is 0 Å². The SMILES string of the molecule is CN(CCCN)Cc1cc(F)c(F)c(F)c1. The first-order chi connectivity index (χ1) is 7.54. The first-order valence-corrected chi connectivity index (χ1v) is 5.06. The van der Waals surface area contributed by atoms with Crippen LogP contribution in [0.3, 0.4) is 0 Å². The average Bonchev–Trinajstić information content (AvgIpc) is 2.23. The number of nitrogens with two attached hydrogens (primary N) is 1. The molecule has 16 heavy (non-hydrogen) atoms. The van der Waals surface area contributed by atoms with Gasteiger partial charge in [-0.25, -0.2) is 13.2 Å². The normalized spacial score (nSPS) is 11.1. The lowest BCUT2D eigenvalue weighted by Crippen LogP contribution is -2.21. The predicted molar refractivity (Wildman–Crippen MR) is 56.3 cm³/mol. The van der Waals surface area contributed by atoms with Crippen LogP contribution in [0.2, 0.25) is 0 Å². The van der Waals surface area contributed by atoms with Gasteiger partial charge in [-0.3, -0.25) is 0 Å². The van der Waals surface area contributed by atoms with E-state index in [0.29, 0.717) is 18.7 Å². The summed E-state index contributed by atoms with van der Waals surface area (Å²) in [6.07, 6.45) is 0.808. The first-order valence-electron chi connectivity index (χ1n) is 5.06. The average molecular weight is 232 g/mol. The Morgan fingerprint density at radius 2 is 1.75 bits per heavy atom. The van der Waals surface area contributed by atoms with Crippen molar-refractivity contribution in [2.45, 2.75) is 13.0 Å². The molecule has 5 heteroatoms. The molecule has 0 aliphatic rings. The summed E-state index contributed by atoms with van der Waals surface area (Å²) >= 11 is 0. The van der Waals surface area contributed by atoms with Gasteiger partial charge < -0.3 is 10.6 Å². The zero-order valence-corrected chi connectivity index (χ0v) is 9.14. The third-order valence-corrected chi connectivity index (χ3v) is 2.24. The summed E-state index contributed by atoms with van der Waals surface area (Å²) < 4.78 is 38.4. The molecular weight excluding hydrogens is 217 g/mol. The number of benzene rings is 1. The molecular formula is C11H15F3N2. The number of hydrogen-bond acceptors (Lipinski definition) is 2. The lowest BCUT2D eigenvalue weighted by Gasteiger charge is -2.16. The minimum absolute atomic E-state index is 0.369. The zero-order valence-electron chi connectivity index (χ0n) is 9.14. The van der Waals surface area contributed by atoms with Crippen molar-refractivity contribution >= 4 is 0 Å². The maximum Gasteiger partial charge on any atom is 0.194 e. The lowest BCUT2D eigenvalue weighted by molar-refractivity contribution is 0.322. The molecule has 0 aromatic heterocycles. The van der Waals surface area contributed by atoms with Gasteiger partial charge in [-0.05, 0) is 44.3 Å². The van der Waals surface area contributed by atoms with E-state index in [0.717, 1.165) is 25.1 Å². The summed E-state index contributed by atoms with van der Waals surface area (Å²) in [7, 11) is 1.81. The molecule has 0 saturated heterocycles. The van der Waals surface area contributed by atoms with Crippen molar-refractivity contribution in [2.75, 3.05) is 20.1 Å². The minimum atomic E-state index is -1.42. The van der Waals surface area contributed by atoms with E-state index in [-0.39, 0.29) is 0 Å². The van der Waals surface area contributed by atoms with Crippen molar-refractivity contribution in [3.63, 3.8) is 0 Å². The molecule has 2 N–H and O–H groups in total. The van der Waals surface area contributed by atoms with Gasteiger partial charge in [0.15, 0.2) is 17.5 Å². The molecule has 0 saturated carbocycles. The standard InChI is InChI=1S/C11H15F3N2/c1-16(4-2-3-15)7-8-5-9(12)11(14)10(13)6-8/h5-6H,2-4,7,15H2,1H3. The van der Waals surface area contributed by atoms with Gasteiger partial charge in [-0.15, -0.1) is 0 Å². The van der Waals surface area contributed by atoms with Crippen LogP contribution >= 0.6 is 0 Å². The van der Waals surface area contributed by atoms with Gasteiger partial charge in [0, 0.05) is 6.54 Å². The third-order valence-electron chi connectivity index (χ3n) is 2.24. The van der Waals surface area contributed by atoms with E-state index in [1.165, 1.54) is 0 Å². The monoisotopic (exact) mass is 232 g/mol. The van der Waals surface area contributed by atoms with Crippen molar-refractivity contribution in [3.05, 3.63) is 35.1 Å². The van der Waals surface area contributed by atoms with E-state index in [2.05, 4.69) is 0 Å². The Morgan fingerprint density at radius 1 is 1.19 bits per heavy atom. The van der Waals surface area contributed by atoms with Crippen LogP contribution in [0.25, 0.3) is 0 Å². The summed E-state index contributed by atoms with van der Waals surface area (Å²) in [5.74, 6) is -3.72. The largest absolute Gasteiger partial charge is 0.330 e. The quantitative estimate of drug-likeness (QED) is 0.785. The Balaban J connectivity index is 2.67. The topological polar surface area (TPSA) is 29.3 Å². The van der Waals surface area contributed by atoms with Crippen LogP contribution in [0.15, 0.2) is 12.1 Å². The fraction of sp³-hybridized carbons (Fsp3) is 0.455. The second-order valence-electron chi connectivity index (χ2n) is 3.75. The van der Waals surface area contributed by atoms with Crippen molar-refractivity contribution < 1.29 is 13.2 Å². The molecule has 0 radical (unpaired) electrons. The highest BCUT2D eigenvalue weighted by molar-refractivity contribution is 5.19. The highest BCUT2D eigenvalue weighted by Crippen LogP contribution is 2.14. The highest BCUT2D eigenvalue weighted by Gasteiger charge is 2.11. The molecule has 2 nitrogen and oxygen atoms in total. The lowest BCUT2D eigenvalue weighted by atomic mass is 10.2. The van der Waals surface area contributed by atoms with Crippen molar-refractivity contribution in [1.82, 2.24) is 4.90 Å². The van der Waals surface area contributed by atoms with Gasteiger partial charge in [-0.1, -0.05) is 0 Å². The molecule has 90 valence electrons. The summed E-state index contributed by atoms with van der Waals surface area (Å²) in [4.78, 5) is 1.87. The molecule has 0 aliphatic heterocycles. The van der Waals surface area contributed by atoms with Gasteiger partial charge in [0.1, 0.15) is 0 Å². The van der Waals surface area contributed by atoms with Crippen molar-refractivity contribution in [2.24, 2.45) is 5.73 Å². The Bertz CT molecular complexity index is 332. The summed E-state index contributed by atoms with van der Waals surface area (Å²) in [6.45, 7) is 1.67. The predicted octanol–water partition coefficient (Wildman–Crippen LogP) is 1.88. The second-order valence-corrected chi connectivity index (χ2v) is 3.75. The molecule has 0 atom stereocenters. The van der Waals surface area contributed by atoms with Gasteiger partial charge in [0.2, 0.25) is 0 Å². The van der Waals surface area contributed by atoms with Crippen LogP contribution < -0.4 is 5.73 Å². The molecule has 0 spiro atoms. The first kappa shape index (κ1) is 13.0. The van der Waals surface area contributed by atoms with E-state index in [1.807, 2.05) is 11.9 Å². The van der Waals surface area contributed by atoms with Crippen molar-refractivity contribution in [3.8, 4) is 0 Å². The fourth-order valence-corrected chi connectivity index (χ4v) is 1.45. The molecule has 0 aliphatic carbocycles. The molecule has 0 fully saturated rings. The summed E-state index contributed by atoms with van der Waals surface area (Å²) in [5.41, 5.74) is 5.75.